The molecule has 3 nitrogen and oxygen atoms in total. The third-order valence-corrected chi connectivity index (χ3v) is 4.64. The number of rotatable bonds is 2. The standard InChI is InChI=1S/C15H22BNO2/c1-14(2)15(3,4)19-16(18-14)13-8-7-11(17)9-12(13)10-5-6-10/h7-10H,5-6,17H2,1-4H3. The number of nitrogens with two attached hydrogens (primary N) is 1. The average molecular weight is 259 g/mol. The molecule has 19 heavy (non-hydrogen) atoms. The lowest BCUT2D eigenvalue weighted by atomic mass is 9.74. The van der Waals surface area contributed by atoms with Gasteiger partial charge < -0.3 is 15.0 Å². The summed E-state index contributed by atoms with van der Waals surface area (Å²) < 4.78 is 12.3. The van der Waals surface area contributed by atoms with Crippen molar-refractivity contribution in [3.05, 3.63) is 23.8 Å². The van der Waals surface area contributed by atoms with Gasteiger partial charge in [-0.2, -0.15) is 0 Å². The zero-order valence-electron chi connectivity index (χ0n) is 12.2. The van der Waals surface area contributed by atoms with E-state index in [0.717, 1.165) is 11.2 Å². The summed E-state index contributed by atoms with van der Waals surface area (Å²) >= 11 is 0. The van der Waals surface area contributed by atoms with Crippen molar-refractivity contribution in [2.24, 2.45) is 0 Å². The van der Waals surface area contributed by atoms with Gasteiger partial charge in [0, 0.05) is 5.69 Å². The smallest absolute Gasteiger partial charge is 0.399 e. The normalized spacial score (nSPS) is 24.7. The predicted octanol–water partition coefficient (Wildman–Crippen LogP) is 2.45. The van der Waals surface area contributed by atoms with Gasteiger partial charge in [0.25, 0.3) is 0 Å². The first kappa shape index (κ1) is 13.0. The zero-order valence-corrected chi connectivity index (χ0v) is 12.2. The lowest BCUT2D eigenvalue weighted by Crippen LogP contribution is -2.41. The molecule has 3 rings (SSSR count). The second kappa shape index (κ2) is 4.00. The van der Waals surface area contributed by atoms with Crippen LogP contribution < -0.4 is 11.2 Å². The monoisotopic (exact) mass is 259 g/mol. The molecule has 4 heteroatoms. The summed E-state index contributed by atoms with van der Waals surface area (Å²) in [4.78, 5) is 0. The van der Waals surface area contributed by atoms with Crippen LogP contribution in [0.2, 0.25) is 0 Å². The fourth-order valence-electron chi connectivity index (χ4n) is 2.53. The highest BCUT2D eigenvalue weighted by Gasteiger charge is 2.52. The van der Waals surface area contributed by atoms with Crippen molar-refractivity contribution in [2.75, 3.05) is 5.73 Å². The van der Waals surface area contributed by atoms with Crippen LogP contribution in [0, 0.1) is 0 Å². The van der Waals surface area contributed by atoms with Crippen LogP contribution in [-0.2, 0) is 9.31 Å². The van der Waals surface area contributed by atoms with Gasteiger partial charge in [0.05, 0.1) is 11.2 Å². The van der Waals surface area contributed by atoms with Gasteiger partial charge in [-0.1, -0.05) is 6.07 Å². The van der Waals surface area contributed by atoms with Gasteiger partial charge in [-0.3, -0.25) is 0 Å². The largest absolute Gasteiger partial charge is 0.495 e. The maximum atomic E-state index is 6.15. The quantitative estimate of drug-likeness (QED) is 0.655. The first-order valence-electron chi connectivity index (χ1n) is 7.05. The van der Waals surface area contributed by atoms with Gasteiger partial charge in [-0.25, -0.2) is 0 Å². The van der Waals surface area contributed by atoms with Crippen LogP contribution in [0.15, 0.2) is 18.2 Å². The lowest BCUT2D eigenvalue weighted by Gasteiger charge is -2.32. The highest BCUT2D eigenvalue weighted by atomic mass is 16.7. The van der Waals surface area contributed by atoms with E-state index in [1.54, 1.807) is 0 Å². The van der Waals surface area contributed by atoms with Crippen LogP contribution in [0.5, 0.6) is 0 Å². The zero-order chi connectivity index (χ0) is 13.8. The van der Waals surface area contributed by atoms with E-state index in [0.29, 0.717) is 5.92 Å². The molecule has 1 aliphatic heterocycles. The van der Waals surface area contributed by atoms with Crippen molar-refractivity contribution in [3.63, 3.8) is 0 Å². The molecule has 0 atom stereocenters. The van der Waals surface area contributed by atoms with Crippen LogP contribution in [-0.4, -0.2) is 18.3 Å². The highest BCUT2D eigenvalue weighted by molar-refractivity contribution is 6.62. The van der Waals surface area contributed by atoms with Crippen LogP contribution >= 0.6 is 0 Å². The van der Waals surface area contributed by atoms with Crippen molar-refractivity contribution in [2.45, 2.75) is 57.7 Å². The van der Waals surface area contributed by atoms with E-state index < -0.39 is 0 Å². The third kappa shape index (κ3) is 2.17. The Morgan fingerprint density at radius 3 is 2.21 bits per heavy atom. The summed E-state index contributed by atoms with van der Waals surface area (Å²) in [6.07, 6.45) is 2.49. The van der Waals surface area contributed by atoms with Crippen molar-refractivity contribution in [1.29, 1.82) is 0 Å². The summed E-state index contributed by atoms with van der Waals surface area (Å²) in [6, 6.07) is 6.08. The highest BCUT2D eigenvalue weighted by Crippen LogP contribution is 2.42. The Morgan fingerprint density at radius 2 is 1.68 bits per heavy atom. The van der Waals surface area contributed by atoms with Crippen molar-refractivity contribution in [1.82, 2.24) is 0 Å². The lowest BCUT2D eigenvalue weighted by molar-refractivity contribution is 0.00578. The Balaban J connectivity index is 1.96. The van der Waals surface area contributed by atoms with Crippen LogP contribution in [0.25, 0.3) is 0 Å². The number of hydrogen-bond donors (Lipinski definition) is 1. The molecule has 0 aromatic heterocycles. The Hall–Kier alpha value is -0.995. The Labute approximate surface area is 115 Å². The maximum Gasteiger partial charge on any atom is 0.495 e. The predicted molar refractivity (Wildman–Crippen MR) is 78.5 cm³/mol. The second-order valence-electron chi connectivity index (χ2n) is 6.75. The van der Waals surface area contributed by atoms with E-state index in [2.05, 4.69) is 39.8 Å². The molecule has 1 saturated carbocycles. The molecule has 0 radical (unpaired) electrons. The van der Waals surface area contributed by atoms with Gasteiger partial charge in [0.15, 0.2) is 0 Å². The molecule has 2 fully saturated rings. The maximum absolute atomic E-state index is 6.15. The Kier molecular flexibility index (Phi) is 2.74. The van der Waals surface area contributed by atoms with Gasteiger partial charge in [0.2, 0.25) is 0 Å². The molecule has 2 aliphatic rings. The second-order valence-corrected chi connectivity index (χ2v) is 6.75. The first-order chi connectivity index (χ1) is 8.80. The number of benzene rings is 1. The first-order valence-corrected chi connectivity index (χ1v) is 7.05. The topological polar surface area (TPSA) is 44.5 Å². The fraction of sp³-hybridized carbons (Fsp3) is 0.600. The van der Waals surface area contributed by atoms with Gasteiger partial charge in [-0.05, 0) is 69.6 Å². The third-order valence-electron chi connectivity index (χ3n) is 4.64. The Morgan fingerprint density at radius 1 is 1.11 bits per heavy atom. The molecule has 102 valence electrons. The van der Waals surface area contributed by atoms with Gasteiger partial charge in [0.1, 0.15) is 0 Å². The molecule has 0 spiro atoms. The number of nitrogen functional groups attached to an aromatic ring is 1. The summed E-state index contributed by atoms with van der Waals surface area (Å²) in [5.41, 5.74) is 8.61. The molecule has 1 heterocycles. The summed E-state index contributed by atoms with van der Waals surface area (Å²) in [7, 11) is -0.277. The minimum absolute atomic E-state index is 0.277. The van der Waals surface area contributed by atoms with Crippen LogP contribution in [0.1, 0.15) is 52.0 Å². The van der Waals surface area contributed by atoms with Crippen molar-refractivity contribution >= 4 is 18.3 Å². The molecule has 1 saturated heterocycles. The molecule has 1 aromatic rings. The minimum Gasteiger partial charge on any atom is -0.399 e. The van der Waals surface area contributed by atoms with Crippen molar-refractivity contribution in [3.8, 4) is 0 Å². The fourth-order valence-corrected chi connectivity index (χ4v) is 2.53. The van der Waals surface area contributed by atoms with Gasteiger partial charge in [-0.15, -0.1) is 0 Å². The molecule has 0 bridgehead atoms. The molecule has 0 unspecified atom stereocenters. The molecular formula is C15H22BNO2. The van der Waals surface area contributed by atoms with E-state index in [1.807, 2.05) is 6.07 Å². The van der Waals surface area contributed by atoms with Crippen LogP contribution in [0.3, 0.4) is 0 Å². The number of hydrogen-bond acceptors (Lipinski definition) is 3. The molecule has 1 aromatic carbocycles. The number of anilines is 1. The molecular weight excluding hydrogens is 237 g/mol. The van der Waals surface area contributed by atoms with E-state index in [4.69, 9.17) is 15.0 Å². The summed E-state index contributed by atoms with van der Waals surface area (Å²) in [6.45, 7) is 8.34. The van der Waals surface area contributed by atoms with Crippen LogP contribution in [0.4, 0.5) is 5.69 Å². The van der Waals surface area contributed by atoms with E-state index in [1.165, 1.54) is 18.4 Å². The average Bonchev–Trinajstić information content (AvgIpc) is 3.07. The van der Waals surface area contributed by atoms with E-state index in [9.17, 15) is 0 Å². The van der Waals surface area contributed by atoms with E-state index >= 15 is 0 Å². The molecule has 2 N–H and O–H groups in total. The SMILES string of the molecule is CC1(C)OB(c2ccc(N)cc2C2CC2)OC1(C)C. The summed E-state index contributed by atoms with van der Waals surface area (Å²) in [5, 5.41) is 0. The Bertz CT molecular complexity index is 493. The molecule has 0 amide bonds. The molecule has 1 aliphatic carbocycles. The van der Waals surface area contributed by atoms with Gasteiger partial charge >= 0.3 is 7.12 Å². The van der Waals surface area contributed by atoms with Crippen molar-refractivity contribution < 1.29 is 9.31 Å². The summed E-state index contributed by atoms with van der Waals surface area (Å²) in [5.74, 6) is 0.637. The minimum atomic E-state index is -0.292. The van der Waals surface area contributed by atoms with E-state index in [-0.39, 0.29) is 18.3 Å².